The van der Waals surface area contributed by atoms with E-state index in [2.05, 4.69) is 24.1 Å². The van der Waals surface area contributed by atoms with Gasteiger partial charge in [-0.3, -0.25) is 0 Å². The lowest BCUT2D eigenvalue weighted by atomic mass is 9.93. The Kier molecular flexibility index (Phi) is 5.65. The molecule has 0 radical (unpaired) electrons. The predicted octanol–water partition coefficient (Wildman–Crippen LogP) is 2.20. The normalized spacial score (nSPS) is 11.9. The molecule has 0 aliphatic carbocycles. The Balaban J connectivity index is 2.62. The average molecular weight is 282 g/mol. The minimum Gasteiger partial charge on any atom is -0.478 e. The number of carbonyl (C=O) groups is 1. The van der Waals surface area contributed by atoms with Crippen molar-refractivity contribution < 1.29 is 14.3 Å². The monoisotopic (exact) mass is 282 g/mol. The lowest BCUT2D eigenvalue weighted by molar-refractivity contribution is 0.0696. The summed E-state index contributed by atoms with van der Waals surface area (Å²) in [4.78, 5) is 13.0. The molecule has 0 fully saturated rings. The second-order valence-corrected chi connectivity index (χ2v) is 6.12. The number of halogens is 1. The summed E-state index contributed by atoms with van der Waals surface area (Å²) in [6.45, 7) is 6.22. The summed E-state index contributed by atoms with van der Waals surface area (Å²) in [5.74, 6) is -1.42. The fourth-order valence-corrected chi connectivity index (χ4v) is 2.29. The minimum atomic E-state index is -1.04. The molecule has 1 aromatic rings. The Morgan fingerprint density at radius 2 is 2.05 bits per heavy atom. The number of hydrogen-bond acceptors (Lipinski definition) is 3. The van der Waals surface area contributed by atoms with Crippen LogP contribution in [0.3, 0.4) is 0 Å². The smallest absolute Gasteiger partial charge is 0.335 e. The molecule has 20 heavy (non-hydrogen) atoms. The molecule has 0 amide bonds. The zero-order chi connectivity index (χ0) is 15.3. The van der Waals surface area contributed by atoms with E-state index in [0.717, 1.165) is 13.1 Å². The molecule has 112 valence electrons. The van der Waals surface area contributed by atoms with Gasteiger partial charge in [-0.05, 0) is 37.7 Å². The largest absolute Gasteiger partial charge is 0.478 e. The van der Waals surface area contributed by atoms with E-state index < -0.39 is 5.97 Å². The molecule has 1 aromatic carbocycles. The molecule has 0 bridgehead atoms. The summed E-state index contributed by atoms with van der Waals surface area (Å²) in [7, 11) is 4.02. The Morgan fingerprint density at radius 3 is 2.60 bits per heavy atom. The highest BCUT2D eigenvalue weighted by molar-refractivity contribution is 5.87. The molecule has 0 aliphatic heterocycles. The molecule has 2 N–H and O–H groups in total. The lowest BCUT2D eigenvalue weighted by Crippen LogP contribution is -2.37. The van der Waals surface area contributed by atoms with E-state index >= 15 is 0 Å². The molecule has 4 nitrogen and oxygen atoms in total. The fourth-order valence-electron chi connectivity index (χ4n) is 2.29. The van der Waals surface area contributed by atoms with Crippen molar-refractivity contribution >= 4 is 5.97 Å². The van der Waals surface area contributed by atoms with Gasteiger partial charge in [0.1, 0.15) is 5.82 Å². The van der Waals surface area contributed by atoms with Gasteiger partial charge in [0.15, 0.2) is 0 Å². The SMILES string of the molecule is CN(C)CC(C)(C)CNCc1cc(C(=O)O)ccc1F. The number of carboxylic acid groups (broad SMARTS) is 1. The topological polar surface area (TPSA) is 52.6 Å². The van der Waals surface area contributed by atoms with Crippen LogP contribution in [-0.4, -0.2) is 43.2 Å². The summed E-state index contributed by atoms with van der Waals surface area (Å²) in [6, 6.07) is 3.85. The highest BCUT2D eigenvalue weighted by Crippen LogP contribution is 2.15. The van der Waals surface area contributed by atoms with Gasteiger partial charge in [0.2, 0.25) is 0 Å². The zero-order valence-electron chi connectivity index (χ0n) is 12.5. The van der Waals surface area contributed by atoms with Gasteiger partial charge in [0, 0.05) is 25.2 Å². The van der Waals surface area contributed by atoms with E-state index in [4.69, 9.17) is 5.11 Å². The zero-order valence-corrected chi connectivity index (χ0v) is 12.5. The molecule has 0 atom stereocenters. The van der Waals surface area contributed by atoms with E-state index in [1.165, 1.54) is 18.2 Å². The number of carboxylic acids is 1. The first-order valence-corrected chi connectivity index (χ1v) is 6.58. The van der Waals surface area contributed by atoms with E-state index in [1.807, 2.05) is 14.1 Å². The molecule has 5 heteroatoms. The number of rotatable bonds is 7. The summed E-state index contributed by atoms with van der Waals surface area (Å²) in [5, 5.41) is 12.1. The van der Waals surface area contributed by atoms with Crippen molar-refractivity contribution in [2.45, 2.75) is 20.4 Å². The maximum absolute atomic E-state index is 13.6. The molecule has 0 saturated carbocycles. The van der Waals surface area contributed by atoms with Crippen molar-refractivity contribution in [3.05, 3.63) is 35.1 Å². The molecule has 0 unspecified atom stereocenters. The van der Waals surface area contributed by atoms with Gasteiger partial charge in [-0.1, -0.05) is 13.8 Å². The fraction of sp³-hybridized carbons (Fsp3) is 0.533. The van der Waals surface area contributed by atoms with Crippen LogP contribution in [0.25, 0.3) is 0 Å². The van der Waals surface area contributed by atoms with Gasteiger partial charge in [0.05, 0.1) is 5.56 Å². The predicted molar refractivity (Wildman–Crippen MR) is 77.4 cm³/mol. The van der Waals surface area contributed by atoms with Gasteiger partial charge >= 0.3 is 5.97 Å². The number of nitrogens with one attached hydrogen (secondary N) is 1. The van der Waals surface area contributed by atoms with E-state index in [-0.39, 0.29) is 16.8 Å². The van der Waals surface area contributed by atoms with Crippen molar-refractivity contribution in [1.29, 1.82) is 0 Å². The van der Waals surface area contributed by atoms with E-state index in [1.54, 1.807) is 0 Å². The van der Waals surface area contributed by atoms with Gasteiger partial charge in [-0.2, -0.15) is 0 Å². The standard InChI is InChI=1S/C15H23FN2O2/c1-15(2,10-18(3)4)9-17-8-12-7-11(14(19)20)5-6-13(12)16/h5-7,17H,8-10H2,1-4H3,(H,19,20). The van der Waals surface area contributed by atoms with Crippen LogP contribution in [0.4, 0.5) is 4.39 Å². The Morgan fingerprint density at radius 1 is 1.40 bits per heavy atom. The van der Waals surface area contributed by atoms with Crippen molar-refractivity contribution in [3.63, 3.8) is 0 Å². The molecule has 0 saturated heterocycles. The molecule has 0 aliphatic rings. The second-order valence-electron chi connectivity index (χ2n) is 6.12. The molecule has 0 spiro atoms. The summed E-state index contributed by atoms with van der Waals surface area (Å²) in [5.41, 5.74) is 0.547. The van der Waals surface area contributed by atoms with Gasteiger partial charge in [0.25, 0.3) is 0 Å². The number of benzene rings is 1. The van der Waals surface area contributed by atoms with E-state index in [9.17, 15) is 9.18 Å². The number of aromatic carboxylic acids is 1. The Labute approximate surface area is 119 Å². The van der Waals surface area contributed by atoms with Gasteiger partial charge in [-0.25, -0.2) is 9.18 Å². The van der Waals surface area contributed by atoms with Gasteiger partial charge < -0.3 is 15.3 Å². The summed E-state index contributed by atoms with van der Waals surface area (Å²) >= 11 is 0. The molecular formula is C15H23FN2O2. The summed E-state index contributed by atoms with van der Waals surface area (Å²) < 4.78 is 13.6. The first kappa shape index (κ1) is 16.6. The average Bonchev–Trinajstić information content (AvgIpc) is 2.29. The summed E-state index contributed by atoms with van der Waals surface area (Å²) in [6.07, 6.45) is 0. The quantitative estimate of drug-likeness (QED) is 0.805. The van der Waals surface area contributed by atoms with Crippen molar-refractivity contribution in [2.75, 3.05) is 27.2 Å². The van der Waals surface area contributed by atoms with Crippen molar-refractivity contribution in [1.82, 2.24) is 10.2 Å². The first-order chi connectivity index (χ1) is 9.21. The van der Waals surface area contributed by atoms with Crippen LogP contribution in [-0.2, 0) is 6.54 Å². The van der Waals surface area contributed by atoms with Crippen LogP contribution in [0, 0.1) is 11.2 Å². The third kappa shape index (κ3) is 5.27. The van der Waals surface area contributed by atoms with Crippen molar-refractivity contribution in [2.24, 2.45) is 5.41 Å². The molecule has 1 rings (SSSR count). The maximum Gasteiger partial charge on any atom is 0.335 e. The van der Waals surface area contributed by atoms with Crippen LogP contribution in [0.1, 0.15) is 29.8 Å². The van der Waals surface area contributed by atoms with Gasteiger partial charge in [-0.15, -0.1) is 0 Å². The maximum atomic E-state index is 13.6. The third-order valence-corrected chi connectivity index (χ3v) is 2.96. The van der Waals surface area contributed by atoms with E-state index in [0.29, 0.717) is 12.1 Å². The van der Waals surface area contributed by atoms with Crippen LogP contribution in [0.2, 0.25) is 0 Å². The molecule has 0 aromatic heterocycles. The highest BCUT2D eigenvalue weighted by atomic mass is 19.1. The van der Waals surface area contributed by atoms with Crippen molar-refractivity contribution in [3.8, 4) is 0 Å². The molecular weight excluding hydrogens is 259 g/mol. The first-order valence-electron chi connectivity index (χ1n) is 6.58. The van der Waals surface area contributed by atoms with Crippen LogP contribution in [0.15, 0.2) is 18.2 Å². The van der Waals surface area contributed by atoms with Crippen LogP contribution < -0.4 is 5.32 Å². The lowest BCUT2D eigenvalue weighted by Gasteiger charge is -2.28. The Bertz CT molecular complexity index is 473. The van der Waals surface area contributed by atoms with Crippen LogP contribution >= 0.6 is 0 Å². The third-order valence-electron chi connectivity index (χ3n) is 2.96. The minimum absolute atomic E-state index is 0.0599. The highest BCUT2D eigenvalue weighted by Gasteiger charge is 2.18. The molecule has 0 heterocycles. The number of hydrogen-bond donors (Lipinski definition) is 2. The van der Waals surface area contributed by atoms with Crippen LogP contribution in [0.5, 0.6) is 0 Å². The number of nitrogens with zero attached hydrogens (tertiary/aromatic N) is 1. The Hall–Kier alpha value is -1.46. The second kappa shape index (κ2) is 6.81.